The number of hydrogen-bond donors (Lipinski definition) is 1. The number of anilines is 2. The van der Waals surface area contributed by atoms with Crippen molar-refractivity contribution in [2.75, 3.05) is 36.5 Å². The number of rotatable bonds is 4. The van der Waals surface area contributed by atoms with Gasteiger partial charge in [0.1, 0.15) is 16.6 Å². The van der Waals surface area contributed by atoms with Crippen molar-refractivity contribution < 1.29 is 17.9 Å². The van der Waals surface area contributed by atoms with Crippen LogP contribution in [0.4, 0.5) is 23.9 Å². The van der Waals surface area contributed by atoms with Crippen LogP contribution in [0.1, 0.15) is 16.7 Å². The molecule has 2 aromatic rings. The first kappa shape index (κ1) is 18.8. The lowest BCUT2D eigenvalue weighted by Gasteiger charge is -2.29. The van der Waals surface area contributed by atoms with E-state index >= 15 is 0 Å². The molecule has 26 heavy (non-hydrogen) atoms. The average Bonchev–Trinajstić information content (AvgIpc) is 2.99. The Labute approximate surface area is 157 Å². The lowest BCUT2D eigenvalue weighted by Crippen LogP contribution is -2.36. The van der Waals surface area contributed by atoms with Crippen LogP contribution in [0, 0.1) is 11.3 Å². The summed E-state index contributed by atoms with van der Waals surface area (Å²) < 4.78 is 49.6. The highest BCUT2D eigenvalue weighted by atomic mass is 35.5. The van der Waals surface area contributed by atoms with Crippen LogP contribution in [0.25, 0.3) is 0 Å². The van der Waals surface area contributed by atoms with E-state index in [4.69, 9.17) is 21.6 Å². The van der Waals surface area contributed by atoms with Gasteiger partial charge in [-0.3, -0.25) is 0 Å². The van der Waals surface area contributed by atoms with Crippen LogP contribution in [-0.2, 0) is 17.5 Å². The van der Waals surface area contributed by atoms with Crippen molar-refractivity contribution in [3.05, 3.63) is 40.0 Å². The van der Waals surface area contributed by atoms with Crippen LogP contribution in [0.15, 0.2) is 18.2 Å². The van der Waals surface area contributed by atoms with Crippen molar-refractivity contribution in [3.8, 4) is 6.07 Å². The van der Waals surface area contributed by atoms with Crippen molar-refractivity contribution in [1.82, 2.24) is 4.37 Å². The molecule has 5 nitrogen and oxygen atoms in total. The molecule has 0 atom stereocenters. The van der Waals surface area contributed by atoms with Crippen molar-refractivity contribution in [1.29, 1.82) is 5.26 Å². The van der Waals surface area contributed by atoms with E-state index in [1.54, 1.807) is 6.07 Å². The maximum atomic E-state index is 13.5. The molecule has 0 bridgehead atoms. The smallest absolute Gasteiger partial charge is 0.378 e. The minimum Gasteiger partial charge on any atom is -0.378 e. The van der Waals surface area contributed by atoms with Gasteiger partial charge in [-0.15, -0.1) is 0 Å². The summed E-state index contributed by atoms with van der Waals surface area (Å²) in [5.41, 5.74) is 0.0316. The third-order valence-electron chi connectivity index (χ3n) is 3.98. The van der Waals surface area contributed by atoms with Crippen molar-refractivity contribution in [2.24, 2.45) is 0 Å². The number of alkyl halides is 3. The quantitative estimate of drug-likeness (QED) is 0.833. The summed E-state index contributed by atoms with van der Waals surface area (Å²) in [7, 11) is 0. The van der Waals surface area contributed by atoms with E-state index in [-0.39, 0.29) is 22.8 Å². The van der Waals surface area contributed by atoms with Crippen molar-refractivity contribution >= 4 is 33.8 Å². The van der Waals surface area contributed by atoms with Crippen LogP contribution < -0.4 is 10.2 Å². The molecular formula is C16H14ClF3N4OS. The van der Waals surface area contributed by atoms with E-state index in [0.717, 1.165) is 17.6 Å². The van der Waals surface area contributed by atoms with Crippen LogP contribution in [0.3, 0.4) is 0 Å². The fraction of sp³-hybridized carbons (Fsp3) is 0.375. The first-order chi connectivity index (χ1) is 12.4. The highest BCUT2D eigenvalue weighted by Crippen LogP contribution is 2.36. The minimum absolute atomic E-state index is 0.0405. The first-order valence-electron chi connectivity index (χ1n) is 7.72. The standard InChI is InChI=1S/C16H14ClF3N4OS/c17-14-12(8-21)15(26-23-14)22-9-10-1-2-11(7-13(10)16(18,19)20)24-3-5-25-6-4-24/h1-2,7,22H,3-6,9H2. The highest BCUT2D eigenvalue weighted by molar-refractivity contribution is 7.10. The van der Waals surface area contributed by atoms with Crippen LogP contribution >= 0.6 is 23.1 Å². The maximum Gasteiger partial charge on any atom is 0.416 e. The molecule has 1 aromatic carbocycles. The van der Waals surface area contributed by atoms with E-state index < -0.39 is 11.7 Å². The Morgan fingerprint density at radius 3 is 2.73 bits per heavy atom. The summed E-state index contributed by atoms with van der Waals surface area (Å²) in [6.45, 7) is 2.01. The topological polar surface area (TPSA) is 61.2 Å². The molecule has 0 aliphatic carbocycles. The molecule has 2 heterocycles. The SMILES string of the molecule is N#Cc1c(Cl)nsc1NCc1ccc(N2CCOCC2)cc1C(F)(F)F. The first-order valence-corrected chi connectivity index (χ1v) is 8.87. The molecule has 3 rings (SSSR count). The lowest BCUT2D eigenvalue weighted by molar-refractivity contribution is -0.138. The number of nitrogens with zero attached hydrogens (tertiary/aromatic N) is 3. The molecule has 1 aliphatic heterocycles. The number of benzene rings is 1. The lowest BCUT2D eigenvalue weighted by atomic mass is 10.0. The molecule has 138 valence electrons. The Morgan fingerprint density at radius 1 is 1.35 bits per heavy atom. The number of halogens is 4. The second-order valence-corrected chi connectivity index (χ2v) is 6.71. The zero-order chi connectivity index (χ0) is 18.7. The van der Waals surface area contributed by atoms with Gasteiger partial charge in [0.05, 0.1) is 18.8 Å². The molecule has 0 spiro atoms. The van der Waals surface area contributed by atoms with Crippen LogP contribution in [0.2, 0.25) is 5.15 Å². The number of ether oxygens (including phenoxy) is 1. The molecule has 0 radical (unpaired) electrons. The Balaban J connectivity index is 1.85. The van der Waals surface area contributed by atoms with Crippen LogP contribution in [0.5, 0.6) is 0 Å². The Bertz CT molecular complexity index is 828. The molecule has 1 aromatic heterocycles. The maximum absolute atomic E-state index is 13.5. The summed E-state index contributed by atoms with van der Waals surface area (Å²) in [6, 6.07) is 6.17. The zero-order valence-corrected chi connectivity index (χ0v) is 15.0. The fourth-order valence-electron chi connectivity index (χ4n) is 2.66. The van der Waals surface area contributed by atoms with E-state index in [1.807, 2.05) is 11.0 Å². The summed E-state index contributed by atoms with van der Waals surface area (Å²) in [6.07, 6.45) is -4.48. The van der Waals surface area contributed by atoms with E-state index in [0.29, 0.717) is 37.0 Å². The third kappa shape index (κ3) is 4.03. The summed E-state index contributed by atoms with van der Waals surface area (Å²) in [5, 5.41) is 12.3. The van der Waals surface area contributed by atoms with E-state index in [9.17, 15) is 13.2 Å². The fourth-order valence-corrected chi connectivity index (χ4v) is 3.59. The second-order valence-electron chi connectivity index (χ2n) is 5.58. The van der Waals surface area contributed by atoms with Gasteiger partial charge < -0.3 is 15.0 Å². The van der Waals surface area contributed by atoms with Gasteiger partial charge in [0.15, 0.2) is 5.15 Å². The molecule has 1 N–H and O–H groups in total. The normalized spacial score (nSPS) is 15.0. The largest absolute Gasteiger partial charge is 0.416 e. The van der Waals surface area contributed by atoms with Gasteiger partial charge in [0.2, 0.25) is 0 Å². The summed E-state index contributed by atoms with van der Waals surface area (Å²) in [4.78, 5) is 1.87. The Kier molecular flexibility index (Phi) is 5.55. The number of nitriles is 1. The monoisotopic (exact) mass is 402 g/mol. The number of hydrogen-bond acceptors (Lipinski definition) is 6. The zero-order valence-electron chi connectivity index (χ0n) is 13.4. The summed E-state index contributed by atoms with van der Waals surface area (Å²) >= 11 is 6.72. The van der Waals surface area contributed by atoms with Gasteiger partial charge in [-0.1, -0.05) is 17.7 Å². The molecule has 10 heteroatoms. The number of nitrogens with one attached hydrogen (secondary N) is 1. The van der Waals surface area contributed by atoms with E-state index in [2.05, 4.69) is 9.69 Å². The Morgan fingerprint density at radius 2 is 2.08 bits per heavy atom. The van der Waals surface area contributed by atoms with Gasteiger partial charge in [-0.2, -0.15) is 22.8 Å². The Hall–Kier alpha value is -2.02. The van der Waals surface area contributed by atoms with Crippen molar-refractivity contribution in [3.63, 3.8) is 0 Å². The molecule has 0 saturated carbocycles. The van der Waals surface area contributed by atoms with Gasteiger partial charge in [0, 0.05) is 25.3 Å². The number of morpholine rings is 1. The highest BCUT2D eigenvalue weighted by Gasteiger charge is 2.34. The molecular weight excluding hydrogens is 389 g/mol. The van der Waals surface area contributed by atoms with Gasteiger partial charge >= 0.3 is 6.18 Å². The van der Waals surface area contributed by atoms with Crippen LogP contribution in [-0.4, -0.2) is 30.7 Å². The predicted octanol–water partition coefficient (Wildman–Crippen LogP) is 4.14. The third-order valence-corrected chi connectivity index (χ3v) is 5.16. The molecule has 0 unspecified atom stereocenters. The average molecular weight is 403 g/mol. The molecule has 0 amide bonds. The van der Waals surface area contributed by atoms with Gasteiger partial charge in [0.25, 0.3) is 0 Å². The van der Waals surface area contributed by atoms with Gasteiger partial charge in [-0.05, 0) is 29.2 Å². The molecule has 1 aliphatic rings. The van der Waals surface area contributed by atoms with Gasteiger partial charge in [-0.25, -0.2) is 0 Å². The van der Waals surface area contributed by atoms with E-state index in [1.165, 1.54) is 6.07 Å². The second kappa shape index (κ2) is 7.70. The predicted molar refractivity (Wildman–Crippen MR) is 93.6 cm³/mol. The van der Waals surface area contributed by atoms with Crippen molar-refractivity contribution in [2.45, 2.75) is 12.7 Å². The number of aromatic nitrogens is 1. The minimum atomic E-state index is -4.48. The summed E-state index contributed by atoms with van der Waals surface area (Å²) in [5.74, 6) is 0. The molecule has 1 fully saturated rings. The molecule has 1 saturated heterocycles.